The first-order chi connectivity index (χ1) is 12.4. The maximum absolute atomic E-state index is 12.5. The van der Waals surface area contributed by atoms with E-state index in [1.54, 1.807) is 0 Å². The molecule has 0 aromatic heterocycles. The lowest BCUT2D eigenvalue weighted by Crippen LogP contribution is -2.19. The molecule has 0 saturated carbocycles. The number of alkyl halides is 3. The monoisotopic (exact) mass is 363 g/mol. The molecule has 26 heavy (non-hydrogen) atoms. The standard InChI is InChI=1S/C20H20F3NO2/c1-24(14-16-6-9-18-19(13-16)26-12-11-25-18)10-2-3-15-4-7-17(8-5-15)20(21,22)23/h2-9,13H,10-12,14H2,1H3. The minimum absolute atomic E-state index is 0.558. The Hall–Kier alpha value is -2.47. The van der Waals surface area contributed by atoms with Crippen LogP contribution in [-0.2, 0) is 12.7 Å². The van der Waals surface area contributed by atoms with E-state index < -0.39 is 11.7 Å². The van der Waals surface area contributed by atoms with Crippen molar-refractivity contribution in [2.75, 3.05) is 26.8 Å². The second-order valence-corrected chi connectivity index (χ2v) is 6.20. The van der Waals surface area contributed by atoms with E-state index in [4.69, 9.17) is 9.47 Å². The molecule has 1 heterocycles. The Kier molecular flexibility index (Phi) is 5.52. The van der Waals surface area contributed by atoms with E-state index in [0.717, 1.165) is 41.3 Å². The summed E-state index contributed by atoms with van der Waals surface area (Å²) in [6, 6.07) is 11.0. The molecule has 1 aliphatic rings. The molecule has 1 aliphatic heterocycles. The topological polar surface area (TPSA) is 21.7 Å². The number of benzene rings is 2. The highest BCUT2D eigenvalue weighted by molar-refractivity contribution is 5.50. The summed E-state index contributed by atoms with van der Waals surface area (Å²) in [4.78, 5) is 2.10. The lowest BCUT2D eigenvalue weighted by atomic mass is 10.1. The van der Waals surface area contributed by atoms with Crippen LogP contribution in [0.4, 0.5) is 13.2 Å². The zero-order valence-corrected chi connectivity index (χ0v) is 14.4. The average molecular weight is 363 g/mol. The van der Waals surface area contributed by atoms with Gasteiger partial charge in [-0.2, -0.15) is 13.2 Å². The fourth-order valence-electron chi connectivity index (χ4n) is 2.71. The van der Waals surface area contributed by atoms with Crippen LogP contribution in [0.1, 0.15) is 16.7 Å². The minimum atomic E-state index is -4.30. The maximum Gasteiger partial charge on any atom is 0.416 e. The second kappa shape index (κ2) is 7.83. The summed E-state index contributed by atoms with van der Waals surface area (Å²) in [6.07, 6.45) is -0.548. The first kappa shape index (κ1) is 18.3. The molecule has 0 N–H and O–H groups in total. The molecule has 0 unspecified atom stereocenters. The van der Waals surface area contributed by atoms with E-state index in [1.165, 1.54) is 12.1 Å². The minimum Gasteiger partial charge on any atom is -0.486 e. The number of rotatable bonds is 5. The molecule has 0 aliphatic carbocycles. The molecular formula is C20H20F3NO2. The summed E-state index contributed by atoms with van der Waals surface area (Å²) in [5, 5.41) is 0. The largest absolute Gasteiger partial charge is 0.486 e. The Morgan fingerprint density at radius 3 is 2.38 bits per heavy atom. The molecule has 3 rings (SSSR count). The number of hydrogen-bond donors (Lipinski definition) is 0. The number of likely N-dealkylation sites (N-methyl/N-ethyl adjacent to an activating group) is 1. The molecule has 2 aromatic rings. The number of fused-ring (bicyclic) bond motifs is 1. The van der Waals surface area contributed by atoms with E-state index in [2.05, 4.69) is 4.90 Å². The lowest BCUT2D eigenvalue weighted by molar-refractivity contribution is -0.137. The van der Waals surface area contributed by atoms with E-state index in [9.17, 15) is 13.2 Å². The zero-order valence-electron chi connectivity index (χ0n) is 14.4. The quantitative estimate of drug-likeness (QED) is 0.774. The van der Waals surface area contributed by atoms with Gasteiger partial charge in [0, 0.05) is 13.1 Å². The van der Waals surface area contributed by atoms with Gasteiger partial charge < -0.3 is 9.47 Å². The van der Waals surface area contributed by atoms with Gasteiger partial charge in [0.1, 0.15) is 13.2 Å². The summed E-state index contributed by atoms with van der Waals surface area (Å²) in [6.45, 7) is 2.53. The molecule has 0 saturated heterocycles. The molecule has 0 spiro atoms. The number of halogens is 3. The van der Waals surface area contributed by atoms with Crippen LogP contribution in [0.2, 0.25) is 0 Å². The van der Waals surface area contributed by atoms with Crippen LogP contribution in [0.15, 0.2) is 48.5 Å². The highest BCUT2D eigenvalue weighted by atomic mass is 19.4. The Morgan fingerprint density at radius 2 is 1.69 bits per heavy atom. The Bertz CT molecular complexity index is 770. The first-order valence-electron chi connectivity index (χ1n) is 8.33. The summed E-state index contributed by atoms with van der Waals surface area (Å²) >= 11 is 0. The van der Waals surface area contributed by atoms with Crippen molar-refractivity contribution in [3.05, 3.63) is 65.2 Å². The van der Waals surface area contributed by atoms with Crippen molar-refractivity contribution in [1.82, 2.24) is 4.90 Å². The Balaban J connectivity index is 1.53. The van der Waals surface area contributed by atoms with E-state index >= 15 is 0 Å². The highest BCUT2D eigenvalue weighted by Crippen LogP contribution is 2.31. The molecule has 3 nitrogen and oxygen atoms in total. The highest BCUT2D eigenvalue weighted by Gasteiger charge is 2.29. The third kappa shape index (κ3) is 4.79. The summed E-state index contributed by atoms with van der Waals surface area (Å²) in [5.74, 6) is 1.53. The molecule has 0 bridgehead atoms. The van der Waals surface area contributed by atoms with Gasteiger partial charge in [-0.3, -0.25) is 4.90 Å². The molecule has 0 amide bonds. The normalized spacial score (nSPS) is 14.2. The molecule has 0 fully saturated rings. The van der Waals surface area contributed by atoms with Gasteiger partial charge in [0.05, 0.1) is 5.56 Å². The van der Waals surface area contributed by atoms with Crippen LogP contribution >= 0.6 is 0 Å². The van der Waals surface area contributed by atoms with Gasteiger partial charge in [-0.25, -0.2) is 0 Å². The summed E-state index contributed by atoms with van der Waals surface area (Å²) in [7, 11) is 1.98. The first-order valence-corrected chi connectivity index (χ1v) is 8.33. The van der Waals surface area contributed by atoms with Crippen LogP contribution in [0.3, 0.4) is 0 Å². The molecule has 0 atom stereocenters. The number of nitrogens with zero attached hydrogens (tertiary/aromatic N) is 1. The fraction of sp³-hybridized carbons (Fsp3) is 0.300. The summed E-state index contributed by atoms with van der Waals surface area (Å²) in [5.41, 5.74) is 1.22. The van der Waals surface area contributed by atoms with Gasteiger partial charge in [-0.1, -0.05) is 30.4 Å². The predicted octanol–water partition coefficient (Wildman–Crippen LogP) is 4.62. The van der Waals surface area contributed by atoms with Crippen LogP contribution in [0.5, 0.6) is 11.5 Å². The van der Waals surface area contributed by atoms with E-state index in [0.29, 0.717) is 19.8 Å². The van der Waals surface area contributed by atoms with E-state index in [-0.39, 0.29) is 0 Å². The Morgan fingerprint density at radius 1 is 1.00 bits per heavy atom. The van der Waals surface area contributed by atoms with Gasteiger partial charge >= 0.3 is 6.18 Å². The van der Waals surface area contributed by atoms with Gasteiger partial charge in [-0.15, -0.1) is 0 Å². The fourth-order valence-corrected chi connectivity index (χ4v) is 2.71. The van der Waals surface area contributed by atoms with Gasteiger partial charge in [0.2, 0.25) is 0 Å². The van der Waals surface area contributed by atoms with Crippen molar-refractivity contribution in [2.24, 2.45) is 0 Å². The van der Waals surface area contributed by atoms with E-state index in [1.807, 2.05) is 37.4 Å². The Labute approximate surface area is 150 Å². The molecule has 2 aromatic carbocycles. The molecular weight excluding hydrogens is 343 g/mol. The molecule has 138 valence electrons. The second-order valence-electron chi connectivity index (χ2n) is 6.20. The third-order valence-electron chi connectivity index (χ3n) is 4.02. The van der Waals surface area contributed by atoms with Crippen molar-refractivity contribution in [2.45, 2.75) is 12.7 Å². The molecule has 6 heteroatoms. The smallest absolute Gasteiger partial charge is 0.416 e. The van der Waals surface area contributed by atoms with Crippen LogP contribution in [-0.4, -0.2) is 31.7 Å². The SMILES string of the molecule is CN(CC=Cc1ccc(C(F)(F)F)cc1)Cc1ccc2c(c1)OCCO2. The van der Waals surface area contributed by atoms with Crippen LogP contribution in [0.25, 0.3) is 6.08 Å². The van der Waals surface area contributed by atoms with Gasteiger partial charge in [0.15, 0.2) is 11.5 Å². The van der Waals surface area contributed by atoms with Crippen molar-refractivity contribution in [3.63, 3.8) is 0 Å². The number of ether oxygens (including phenoxy) is 2. The summed E-state index contributed by atoms with van der Waals surface area (Å²) < 4.78 is 48.7. The van der Waals surface area contributed by atoms with Crippen molar-refractivity contribution < 1.29 is 22.6 Å². The van der Waals surface area contributed by atoms with Crippen LogP contribution in [0, 0.1) is 0 Å². The number of hydrogen-bond acceptors (Lipinski definition) is 3. The van der Waals surface area contributed by atoms with Crippen molar-refractivity contribution in [3.8, 4) is 11.5 Å². The van der Waals surface area contributed by atoms with Crippen LogP contribution < -0.4 is 9.47 Å². The van der Waals surface area contributed by atoms with Crippen molar-refractivity contribution in [1.29, 1.82) is 0 Å². The average Bonchev–Trinajstić information content (AvgIpc) is 2.61. The van der Waals surface area contributed by atoms with Gasteiger partial charge in [-0.05, 0) is 42.4 Å². The zero-order chi connectivity index (χ0) is 18.6. The molecule has 0 radical (unpaired) electrons. The van der Waals surface area contributed by atoms with Gasteiger partial charge in [0.25, 0.3) is 0 Å². The lowest BCUT2D eigenvalue weighted by Gasteiger charge is -2.20. The van der Waals surface area contributed by atoms with Crippen molar-refractivity contribution >= 4 is 6.08 Å². The predicted molar refractivity (Wildman–Crippen MR) is 94.2 cm³/mol. The maximum atomic E-state index is 12.5. The third-order valence-corrected chi connectivity index (χ3v) is 4.02.